The van der Waals surface area contributed by atoms with Gasteiger partial charge in [-0.1, -0.05) is 13.0 Å². The van der Waals surface area contributed by atoms with Crippen molar-refractivity contribution in [3.05, 3.63) is 28.2 Å². The zero-order valence-corrected chi connectivity index (χ0v) is 13.3. The van der Waals surface area contributed by atoms with Crippen LogP contribution in [0.3, 0.4) is 0 Å². The smallest absolute Gasteiger partial charge is 0.0513 e. The molecule has 1 aromatic rings. The van der Waals surface area contributed by atoms with Crippen molar-refractivity contribution in [3.63, 3.8) is 0 Å². The zero-order chi connectivity index (χ0) is 12.4. The van der Waals surface area contributed by atoms with E-state index in [9.17, 15) is 0 Å². The third-order valence-corrected chi connectivity index (χ3v) is 5.64. The Balaban J connectivity index is 2.27. The molecule has 2 unspecified atom stereocenters. The second-order valence-corrected chi connectivity index (χ2v) is 7.04. The molecular weight excluding hydrogens is 318 g/mol. The molecule has 0 spiro atoms. The van der Waals surface area contributed by atoms with E-state index in [1.165, 1.54) is 11.4 Å². The average molecular weight is 335 g/mol. The van der Waals surface area contributed by atoms with Crippen LogP contribution in [0.4, 0.5) is 5.69 Å². The molecule has 1 aliphatic rings. The molecule has 1 saturated heterocycles. The Bertz CT molecular complexity index is 399. The van der Waals surface area contributed by atoms with Crippen molar-refractivity contribution in [2.24, 2.45) is 0 Å². The SMILES string of the molecule is CC1SCCN(c2ccc(CCl)cc2Br)C1C. The molecular formula is C13H17BrClNS. The maximum absolute atomic E-state index is 5.85. The van der Waals surface area contributed by atoms with Crippen LogP contribution in [-0.4, -0.2) is 23.6 Å². The van der Waals surface area contributed by atoms with Crippen LogP contribution in [0.1, 0.15) is 19.4 Å². The number of thioether (sulfide) groups is 1. The highest BCUT2D eigenvalue weighted by molar-refractivity contribution is 9.10. The van der Waals surface area contributed by atoms with Gasteiger partial charge in [0.1, 0.15) is 0 Å². The van der Waals surface area contributed by atoms with Crippen molar-refractivity contribution in [1.82, 2.24) is 0 Å². The number of nitrogens with zero attached hydrogens (tertiary/aromatic N) is 1. The summed E-state index contributed by atoms with van der Waals surface area (Å²) in [6, 6.07) is 7.00. The predicted octanol–water partition coefficient (Wildman–Crippen LogP) is 4.52. The van der Waals surface area contributed by atoms with E-state index in [0.717, 1.165) is 16.6 Å². The fourth-order valence-electron chi connectivity index (χ4n) is 2.14. The standard InChI is InChI=1S/C13H17BrClNS/c1-9-10(2)17-6-5-16(9)13-4-3-11(8-15)7-12(13)14/h3-4,7,9-10H,5-6,8H2,1-2H3. The lowest BCUT2D eigenvalue weighted by Crippen LogP contribution is -2.44. The van der Waals surface area contributed by atoms with E-state index in [4.69, 9.17) is 11.6 Å². The quantitative estimate of drug-likeness (QED) is 0.732. The number of hydrogen-bond donors (Lipinski definition) is 0. The summed E-state index contributed by atoms with van der Waals surface area (Å²) < 4.78 is 1.15. The molecule has 4 heteroatoms. The monoisotopic (exact) mass is 333 g/mol. The molecule has 2 atom stereocenters. The average Bonchev–Trinajstić information content (AvgIpc) is 2.33. The maximum atomic E-state index is 5.85. The van der Waals surface area contributed by atoms with Crippen LogP contribution in [0.2, 0.25) is 0 Å². The van der Waals surface area contributed by atoms with Gasteiger partial charge in [0.15, 0.2) is 0 Å². The van der Waals surface area contributed by atoms with Crippen molar-refractivity contribution < 1.29 is 0 Å². The number of anilines is 1. The molecule has 17 heavy (non-hydrogen) atoms. The molecule has 0 bridgehead atoms. The van der Waals surface area contributed by atoms with Gasteiger partial charge in [-0.2, -0.15) is 11.8 Å². The van der Waals surface area contributed by atoms with Crippen LogP contribution in [0.5, 0.6) is 0 Å². The van der Waals surface area contributed by atoms with E-state index in [1.54, 1.807) is 0 Å². The Labute approximate surface area is 121 Å². The zero-order valence-electron chi connectivity index (χ0n) is 10.1. The predicted molar refractivity (Wildman–Crippen MR) is 82.4 cm³/mol. The number of alkyl halides is 1. The third kappa shape index (κ3) is 2.94. The first-order valence-corrected chi connectivity index (χ1v) is 8.23. The summed E-state index contributed by atoms with van der Waals surface area (Å²) in [6.07, 6.45) is 0. The minimum Gasteiger partial charge on any atom is -0.366 e. The van der Waals surface area contributed by atoms with Gasteiger partial charge in [-0.15, -0.1) is 11.6 Å². The van der Waals surface area contributed by atoms with Crippen molar-refractivity contribution in [2.45, 2.75) is 31.0 Å². The summed E-state index contributed by atoms with van der Waals surface area (Å²) in [5.41, 5.74) is 2.45. The first-order chi connectivity index (χ1) is 8.13. The summed E-state index contributed by atoms with van der Waals surface area (Å²) >= 11 is 11.6. The first-order valence-electron chi connectivity index (χ1n) is 5.86. The molecule has 2 rings (SSSR count). The Morgan fingerprint density at radius 2 is 2.24 bits per heavy atom. The maximum Gasteiger partial charge on any atom is 0.0513 e. The number of hydrogen-bond acceptors (Lipinski definition) is 2. The molecule has 1 fully saturated rings. The molecule has 0 N–H and O–H groups in total. The number of benzene rings is 1. The van der Waals surface area contributed by atoms with E-state index in [1.807, 2.05) is 0 Å². The molecule has 0 saturated carbocycles. The van der Waals surface area contributed by atoms with E-state index in [0.29, 0.717) is 17.2 Å². The van der Waals surface area contributed by atoms with Crippen molar-refractivity contribution in [3.8, 4) is 0 Å². The summed E-state index contributed by atoms with van der Waals surface area (Å²) in [5, 5.41) is 0.684. The van der Waals surface area contributed by atoms with Gasteiger partial charge in [0.25, 0.3) is 0 Å². The van der Waals surface area contributed by atoms with Gasteiger partial charge in [0.05, 0.1) is 5.69 Å². The van der Waals surface area contributed by atoms with Crippen molar-refractivity contribution >= 4 is 45.0 Å². The summed E-state index contributed by atoms with van der Waals surface area (Å²) in [5.74, 6) is 1.77. The van der Waals surface area contributed by atoms with Gasteiger partial charge < -0.3 is 4.90 Å². The summed E-state index contributed by atoms with van der Waals surface area (Å²) in [6.45, 7) is 5.73. The fraction of sp³-hybridized carbons (Fsp3) is 0.538. The molecule has 1 aromatic carbocycles. The lowest BCUT2D eigenvalue weighted by Gasteiger charge is -2.39. The topological polar surface area (TPSA) is 3.24 Å². The van der Waals surface area contributed by atoms with Crippen LogP contribution in [-0.2, 0) is 5.88 Å². The van der Waals surface area contributed by atoms with Gasteiger partial charge >= 0.3 is 0 Å². The first kappa shape index (κ1) is 13.6. The molecule has 0 radical (unpaired) electrons. The highest BCUT2D eigenvalue weighted by Gasteiger charge is 2.26. The molecule has 0 amide bonds. The highest BCUT2D eigenvalue weighted by Crippen LogP contribution is 2.34. The van der Waals surface area contributed by atoms with Gasteiger partial charge in [0.2, 0.25) is 0 Å². The van der Waals surface area contributed by atoms with Crippen LogP contribution in [0, 0.1) is 0 Å². The minimum absolute atomic E-state index is 0.570. The van der Waals surface area contributed by atoms with Crippen LogP contribution >= 0.6 is 39.3 Å². The molecule has 94 valence electrons. The third-order valence-electron chi connectivity index (χ3n) is 3.36. The Kier molecular flexibility index (Phi) is 4.67. The number of rotatable bonds is 2. The van der Waals surface area contributed by atoms with Crippen LogP contribution < -0.4 is 4.90 Å². The van der Waals surface area contributed by atoms with E-state index < -0.39 is 0 Å². The largest absolute Gasteiger partial charge is 0.366 e. The second kappa shape index (κ2) is 5.85. The van der Waals surface area contributed by atoms with Gasteiger partial charge in [-0.3, -0.25) is 0 Å². The normalized spacial score (nSPS) is 25.1. The Morgan fingerprint density at radius 1 is 1.47 bits per heavy atom. The lowest BCUT2D eigenvalue weighted by atomic mass is 10.1. The number of halogens is 2. The highest BCUT2D eigenvalue weighted by atomic mass is 79.9. The summed E-state index contributed by atoms with van der Waals surface area (Å²) in [7, 11) is 0. The Morgan fingerprint density at radius 3 is 2.88 bits per heavy atom. The molecule has 1 aliphatic heterocycles. The molecule has 1 heterocycles. The van der Waals surface area contributed by atoms with E-state index in [2.05, 4.69) is 64.6 Å². The van der Waals surface area contributed by atoms with Gasteiger partial charge in [-0.05, 0) is 40.5 Å². The Hall–Kier alpha value is 0.140. The van der Waals surface area contributed by atoms with Gasteiger partial charge in [0, 0.05) is 33.9 Å². The van der Waals surface area contributed by atoms with Gasteiger partial charge in [-0.25, -0.2) is 0 Å². The minimum atomic E-state index is 0.570. The van der Waals surface area contributed by atoms with E-state index in [-0.39, 0.29) is 0 Å². The molecule has 1 nitrogen and oxygen atoms in total. The lowest BCUT2D eigenvalue weighted by molar-refractivity contribution is 0.626. The van der Waals surface area contributed by atoms with E-state index >= 15 is 0 Å². The van der Waals surface area contributed by atoms with Crippen molar-refractivity contribution in [2.75, 3.05) is 17.2 Å². The fourth-order valence-corrected chi connectivity index (χ4v) is 4.06. The molecule has 0 aromatic heterocycles. The second-order valence-electron chi connectivity index (χ2n) is 4.43. The van der Waals surface area contributed by atoms with Crippen LogP contribution in [0.25, 0.3) is 0 Å². The van der Waals surface area contributed by atoms with Crippen LogP contribution in [0.15, 0.2) is 22.7 Å². The molecule has 0 aliphatic carbocycles. The summed E-state index contributed by atoms with van der Waals surface area (Å²) in [4.78, 5) is 2.49. The van der Waals surface area contributed by atoms with Crippen molar-refractivity contribution in [1.29, 1.82) is 0 Å².